The molecule has 2 aromatic rings. The summed E-state index contributed by atoms with van der Waals surface area (Å²) in [7, 11) is 0. The molecular weight excluding hydrogens is 492 g/mol. The van der Waals surface area contributed by atoms with E-state index in [-0.39, 0.29) is 6.42 Å². The summed E-state index contributed by atoms with van der Waals surface area (Å²) in [6.07, 6.45) is 5.14. The molecule has 38 heavy (non-hydrogen) atoms. The lowest BCUT2D eigenvalue weighted by atomic mass is 9.93. The molecule has 1 N–H and O–H groups in total. The van der Waals surface area contributed by atoms with Gasteiger partial charge in [-0.15, -0.1) is 13.2 Å². The van der Waals surface area contributed by atoms with Crippen LogP contribution in [-0.4, -0.2) is 10.9 Å². The number of rotatable bonds is 7. The molecule has 0 fully saturated rings. The van der Waals surface area contributed by atoms with Crippen molar-refractivity contribution in [2.24, 2.45) is 0 Å². The summed E-state index contributed by atoms with van der Waals surface area (Å²) >= 11 is 5.16. The summed E-state index contributed by atoms with van der Waals surface area (Å²) in [5.74, 6) is -2.08. The van der Waals surface area contributed by atoms with Gasteiger partial charge < -0.3 is 5.32 Å². The van der Waals surface area contributed by atoms with Gasteiger partial charge in [0.25, 0.3) is 0 Å². The Bertz CT molecular complexity index is 974. The molecule has 3 rings (SSSR count). The van der Waals surface area contributed by atoms with E-state index in [1.165, 1.54) is 46.0 Å². The highest BCUT2D eigenvalue weighted by Crippen LogP contribution is 2.26. The maximum absolute atomic E-state index is 11.7. The van der Waals surface area contributed by atoms with Crippen LogP contribution in [0.2, 0.25) is 0 Å². The van der Waals surface area contributed by atoms with Gasteiger partial charge in [-0.1, -0.05) is 118 Å². The van der Waals surface area contributed by atoms with Crippen molar-refractivity contribution in [2.45, 2.75) is 85.5 Å². The van der Waals surface area contributed by atoms with Crippen molar-refractivity contribution >= 4 is 17.2 Å². The summed E-state index contributed by atoms with van der Waals surface area (Å²) < 4.78 is 23.3. The van der Waals surface area contributed by atoms with Gasteiger partial charge in [0.05, 0.1) is 4.99 Å². The summed E-state index contributed by atoms with van der Waals surface area (Å²) in [6.45, 7) is 22.2. The van der Waals surface area contributed by atoms with E-state index in [9.17, 15) is 8.78 Å². The highest BCUT2D eigenvalue weighted by atomic mass is 32.1. The molecule has 4 heteroatoms. The Labute approximate surface area is 236 Å². The Morgan fingerprint density at radius 2 is 1.47 bits per heavy atom. The smallest absolute Gasteiger partial charge is 0.248 e. The van der Waals surface area contributed by atoms with E-state index in [4.69, 9.17) is 12.2 Å². The van der Waals surface area contributed by atoms with E-state index in [0.717, 1.165) is 31.2 Å². The van der Waals surface area contributed by atoms with Crippen LogP contribution in [0.5, 0.6) is 0 Å². The third-order valence-corrected chi connectivity index (χ3v) is 5.66. The van der Waals surface area contributed by atoms with Crippen molar-refractivity contribution in [1.29, 1.82) is 0 Å². The molecule has 1 aliphatic heterocycles. The first-order valence-electron chi connectivity index (χ1n) is 13.3. The van der Waals surface area contributed by atoms with E-state index in [1.54, 1.807) is 0 Å². The average molecular weight is 540 g/mol. The van der Waals surface area contributed by atoms with Crippen molar-refractivity contribution in [3.8, 4) is 0 Å². The molecule has 0 amide bonds. The molecule has 1 heterocycles. The maximum atomic E-state index is 11.7. The van der Waals surface area contributed by atoms with Gasteiger partial charge in [-0.3, -0.25) is 0 Å². The fraction of sp³-hybridized carbons (Fsp3) is 0.382. The van der Waals surface area contributed by atoms with Gasteiger partial charge >= 0.3 is 0 Å². The number of benzene rings is 2. The van der Waals surface area contributed by atoms with Crippen molar-refractivity contribution < 1.29 is 8.78 Å². The van der Waals surface area contributed by atoms with Gasteiger partial charge in [-0.2, -0.15) is 0 Å². The number of alkyl halides is 2. The number of nitrogens with one attached hydrogen (secondary N) is 1. The van der Waals surface area contributed by atoms with Gasteiger partial charge in [0.1, 0.15) is 0 Å². The van der Waals surface area contributed by atoms with Gasteiger partial charge in [0, 0.05) is 24.5 Å². The highest BCUT2D eigenvalue weighted by molar-refractivity contribution is 7.80. The molecule has 1 aliphatic rings. The second kappa shape index (κ2) is 19.3. The molecular formula is C34H47F2NS. The molecule has 1 nitrogen and oxygen atoms in total. The van der Waals surface area contributed by atoms with Crippen LogP contribution in [0.25, 0.3) is 0 Å². The lowest BCUT2D eigenvalue weighted by molar-refractivity contribution is 0.0256. The van der Waals surface area contributed by atoms with E-state index < -0.39 is 5.92 Å². The number of allylic oxidation sites excluding steroid dienone is 4. The minimum atomic E-state index is -2.57. The van der Waals surface area contributed by atoms with Crippen LogP contribution in [0.4, 0.5) is 8.78 Å². The molecule has 0 spiro atoms. The van der Waals surface area contributed by atoms with E-state index in [0.29, 0.717) is 5.92 Å². The Balaban J connectivity index is 0.000000528. The molecule has 0 saturated carbocycles. The SMILES string of the molecule is C=C(C)C.C=C1CC(=S)NC(CC)=C1CCC.C=CCC(C)(F)F.CC(c1ccccc1)c1ccccc1. The van der Waals surface area contributed by atoms with Gasteiger partial charge in [-0.25, -0.2) is 8.78 Å². The van der Waals surface area contributed by atoms with Crippen molar-refractivity contribution in [2.75, 3.05) is 0 Å². The second-order valence-corrected chi connectivity index (χ2v) is 10.2. The highest BCUT2D eigenvalue weighted by Gasteiger charge is 2.17. The lowest BCUT2D eigenvalue weighted by Gasteiger charge is -2.24. The number of thiocarbonyl (C=S) groups is 1. The Kier molecular flexibility index (Phi) is 17.8. The second-order valence-electron chi connectivity index (χ2n) is 9.70. The monoisotopic (exact) mass is 539 g/mol. The van der Waals surface area contributed by atoms with E-state index in [2.05, 4.69) is 106 Å². The van der Waals surface area contributed by atoms with Crippen LogP contribution in [0.15, 0.2) is 109 Å². The molecule has 0 atom stereocenters. The first-order valence-corrected chi connectivity index (χ1v) is 13.7. The Morgan fingerprint density at radius 3 is 1.79 bits per heavy atom. The predicted octanol–water partition coefficient (Wildman–Crippen LogP) is 11.0. The molecule has 2 aromatic carbocycles. The van der Waals surface area contributed by atoms with Crippen LogP contribution >= 0.6 is 12.2 Å². The van der Waals surface area contributed by atoms with Crippen molar-refractivity contribution in [3.05, 3.63) is 120 Å². The zero-order chi connectivity index (χ0) is 29.1. The lowest BCUT2D eigenvalue weighted by Crippen LogP contribution is -2.27. The molecule has 0 aliphatic carbocycles. The normalized spacial score (nSPS) is 12.7. The fourth-order valence-electron chi connectivity index (χ4n) is 3.61. The molecule has 0 radical (unpaired) electrons. The van der Waals surface area contributed by atoms with Crippen molar-refractivity contribution in [1.82, 2.24) is 5.32 Å². The molecule has 0 saturated heterocycles. The topological polar surface area (TPSA) is 12.0 Å². The number of hydrogen-bond donors (Lipinski definition) is 1. The summed E-state index contributed by atoms with van der Waals surface area (Å²) in [4.78, 5) is 0.918. The van der Waals surface area contributed by atoms with Gasteiger partial charge in [0.15, 0.2) is 0 Å². The standard InChI is InChI=1S/C14H14.C11H17NS.C5H8F2.C4H8/c1-12(13-8-4-2-5-9-13)14-10-6-3-7-11-14;1-4-6-9-8(3)7-11(13)12-10(9)5-2;1-3-4-5(2,6)7;1-4(2)3/h2-12H,1H3;3-7H2,1-2H3,(H,12,13);3H,1,4H2,2H3;1H2,2-3H3. The van der Waals surface area contributed by atoms with E-state index >= 15 is 0 Å². The molecule has 208 valence electrons. The first-order chi connectivity index (χ1) is 17.9. The third-order valence-electron chi connectivity index (χ3n) is 5.41. The first kappa shape index (κ1) is 35.2. The van der Waals surface area contributed by atoms with Crippen LogP contribution in [0.3, 0.4) is 0 Å². The van der Waals surface area contributed by atoms with Crippen LogP contribution in [0.1, 0.15) is 90.7 Å². The third kappa shape index (κ3) is 16.1. The quantitative estimate of drug-likeness (QED) is 0.277. The van der Waals surface area contributed by atoms with Crippen LogP contribution < -0.4 is 5.32 Å². The summed E-state index contributed by atoms with van der Waals surface area (Å²) in [6, 6.07) is 21.2. The van der Waals surface area contributed by atoms with Crippen LogP contribution in [-0.2, 0) is 0 Å². The average Bonchev–Trinajstić information content (AvgIpc) is 2.86. The number of hydrogen-bond acceptors (Lipinski definition) is 1. The maximum Gasteiger partial charge on any atom is 0.248 e. The minimum Gasteiger partial charge on any atom is -0.353 e. The van der Waals surface area contributed by atoms with Crippen LogP contribution in [0, 0.1) is 0 Å². The molecule has 0 aromatic heterocycles. The van der Waals surface area contributed by atoms with Gasteiger partial charge in [-0.05, 0) is 55.9 Å². The Morgan fingerprint density at radius 1 is 1.03 bits per heavy atom. The zero-order valence-electron chi connectivity index (χ0n) is 24.2. The van der Waals surface area contributed by atoms with Crippen molar-refractivity contribution in [3.63, 3.8) is 0 Å². The molecule has 0 unspecified atom stereocenters. The van der Waals surface area contributed by atoms with Gasteiger partial charge in [0.2, 0.25) is 5.92 Å². The minimum absolute atomic E-state index is 0.229. The predicted molar refractivity (Wildman–Crippen MR) is 168 cm³/mol. The fourth-order valence-corrected chi connectivity index (χ4v) is 3.91. The largest absolute Gasteiger partial charge is 0.353 e. The van der Waals surface area contributed by atoms with E-state index in [1.807, 2.05) is 13.8 Å². The summed E-state index contributed by atoms with van der Waals surface area (Å²) in [5, 5.41) is 3.28. The zero-order valence-corrected chi connectivity index (χ0v) is 25.1. The number of halogens is 2. The Hall–Kier alpha value is -2.85. The molecule has 0 bridgehead atoms. The summed E-state index contributed by atoms with van der Waals surface area (Å²) in [5.41, 5.74) is 7.81.